The van der Waals surface area contributed by atoms with Crippen molar-refractivity contribution in [1.82, 2.24) is 15.2 Å². The number of anilines is 1. The number of benzene rings is 1. The molecule has 0 radical (unpaired) electrons. The lowest BCUT2D eigenvalue weighted by molar-refractivity contribution is 0.102. The van der Waals surface area contributed by atoms with Crippen LogP contribution in [0.15, 0.2) is 24.3 Å². The lowest BCUT2D eigenvalue weighted by Gasteiger charge is -2.12. The first-order chi connectivity index (χ1) is 12.0. The number of nitrogens with zero attached hydrogens (tertiary/aromatic N) is 3. The second-order valence-electron chi connectivity index (χ2n) is 6.48. The number of pyridine rings is 1. The smallest absolute Gasteiger partial charge is 0.258 e. The highest BCUT2D eigenvalue weighted by molar-refractivity contribution is 7.15. The Hall–Kier alpha value is -2.34. The maximum absolute atomic E-state index is 12.9. The molecule has 2 aromatic heterocycles. The maximum atomic E-state index is 12.9. The Balaban J connectivity index is 1.96. The van der Waals surface area contributed by atoms with Gasteiger partial charge in [-0.15, -0.1) is 10.2 Å². The van der Waals surface area contributed by atoms with E-state index in [4.69, 9.17) is 0 Å². The summed E-state index contributed by atoms with van der Waals surface area (Å²) in [4.78, 5) is 17.6. The zero-order valence-electron chi connectivity index (χ0n) is 15.0. The average molecular weight is 354 g/mol. The SMILES string of the molecule is CCc1nc2ccccc2c(C(=O)Nc2nnc(CC(C)C)s2)c1C. The van der Waals surface area contributed by atoms with Gasteiger partial charge in [-0.3, -0.25) is 15.1 Å². The summed E-state index contributed by atoms with van der Waals surface area (Å²) in [6.45, 7) is 8.28. The number of rotatable bonds is 5. The third kappa shape index (κ3) is 3.69. The first-order valence-electron chi connectivity index (χ1n) is 8.51. The number of fused-ring (bicyclic) bond motifs is 1. The van der Waals surface area contributed by atoms with Gasteiger partial charge in [0.25, 0.3) is 5.91 Å². The molecule has 1 aromatic carbocycles. The van der Waals surface area contributed by atoms with Gasteiger partial charge in [-0.05, 0) is 30.9 Å². The topological polar surface area (TPSA) is 67.8 Å². The second kappa shape index (κ2) is 7.27. The van der Waals surface area contributed by atoms with E-state index in [0.717, 1.165) is 40.0 Å². The number of hydrogen-bond donors (Lipinski definition) is 1. The lowest BCUT2D eigenvalue weighted by atomic mass is 9.99. The standard InChI is InChI=1S/C19H22N4OS/c1-5-14-12(4)17(13-8-6-7-9-15(13)20-14)18(24)21-19-23-22-16(25-19)10-11(2)3/h6-9,11H,5,10H2,1-4H3,(H,21,23,24). The Kier molecular flexibility index (Phi) is 5.08. The van der Waals surface area contributed by atoms with Crippen LogP contribution in [-0.4, -0.2) is 21.1 Å². The van der Waals surface area contributed by atoms with Gasteiger partial charge >= 0.3 is 0 Å². The normalized spacial score (nSPS) is 11.2. The van der Waals surface area contributed by atoms with Gasteiger partial charge in [-0.2, -0.15) is 0 Å². The molecule has 0 aliphatic rings. The van der Waals surface area contributed by atoms with Crippen LogP contribution in [0.25, 0.3) is 10.9 Å². The van der Waals surface area contributed by atoms with Crippen LogP contribution < -0.4 is 5.32 Å². The molecule has 0 aliphatic carbocycles. The monoisotopic (exact) mass is 354 g/mol. The van der Waals surface area contributed by atoms with Crippen molar-refractivity contribution in [3.05, 3.63) is 46.1 Å². The Bertz CT molecular complexity index is 917. The summed E-state index contributed by atoms with van der Waals surface area (Å²) in [5.74, 6) is 0.355. The van der Waals surface area contributed by atoms with E-state index in [1.165, 1.54) is 11.3 Å². The van der Waals surface area contributed by atoms with Gasteiger partial charge in [0, 0.05) is 17.5 Å². The molecule has 3 aromatic rings. The second-order valence-corrected chi connectivity index (χ2v) is 7.54. The molecule has 1 amide bonds. The molecule has 0 bridgehead atoms. The van der Waals surface area contributed by atoms with Gasteiger partial charge in [0.1, 0.15) is 5.01 Å². The Morgan fingerprint density at radius 2 is 2.00 bits per heavy atom. The number of amides is 1. The minimum absolute atomic E-state index is 0.155. The molecule has 0 unspecified atom stereocenters. The van der Waals surface area contributed by atoms with Crippen molar-refractivity contribution >= 4 is 33.3 Å². The van der Waals surface area contributed by atoms with Crippen molar-refractivity contribution in [2.24, 2.45) is 5.92 Å². The number of carbonyl (C=O) groups is 1. The summed E-state index contributed by atoms with van der Waals surface area (Å²) < 4.78 is 0. The van der Waals surface area contributed by atoms with Crippen molar-refractivity contribution in [3.63, 3.8) is 0 Å². The summed E-state index contributed by atoms with van der Waals surface area (Å²) in [7, 11) is 0. The Labute approximate surface area is 151 Å². The summed E-state index contributed by atoms with van der Waals surface area (Å²) >= 11 is 1.44. The molecule has 1 N–H and O–H groups in total. The van der Waals surface area contributed by atoms with E-state index >= 15 is 0 Å². The van der Waals surface area contributed by atoms with E-state index in [1.807, 2.05) is 31.2 Å². The molecule has 0 saturated carbocycles. The summed E-state index contributed by atoms with van der Waals surface area (Å²) in [6.07, 6.45) is 1.65. The third-order valence-electron chi connectivity index (χ3n) is 4.07. The van der Waals surface area contributed by atoms with Crippen molar-refractivity contribution in [1.29, 1.82) is 0 Å². The van der Waals surface area contributed by atoms with E-state index < -0.39 is 0 Å². The first-order valence-corrected chi connectivity index (χ1v) is 9.33. The summed E-state index contributed by atoms with van der Waals surface area (Å²) in [6, 6.07) is 7.75. The van der Waals surface area contributed by atoms with Crippen LogP contribution >= 0.6 is 11.3 Å². The van der Waals surface area contributed by atoms with Gasteiger partial charge in [0.05, 0.1) is 11.1 Å². The molecule has 25 heavy (non-hydrogen) atoms. The molecule has 0 saturated heterocycles. The van der Waals surface area contributed by atoms with Crippen molar-refractivity contribution in [2.45, 2.75) is 40.5 Å². The number of para-hydroxylation sites is 1. The third-order valence-corrected chi connectivity index (χ3v) is 4.93. The van der Waals surface area contributed by atoms with Crippen molar-refractivity contribution < 1.29 is 4.79 Å². The van der Waals surface area contributed by atoms with Gasteiger partial charge in [0.2, 0.25) is 5.13 Å². The van der Waals surface area contributed by atoms with Gasteiger partial charge in [-0.1, -0.05) is 50.3 Å². The van der Waals surface area contributed by atoms with E-state index in [0.29, 0.717) is 16.6 Å². The van der Waals surface area contributed by atoms with Crippen LogP contribution in [-0.2, 0) is 12.8 Å². The van der Waals surface area contributed by atoms with Gasteiger partial charge in [-0.25, -0.2) is 0 Å². The van der Waals surface area contributed by atoms with Crippen LogP contribution in [0.4, 0.5) is 5.13 Å². The number of aromatic nitrogens is 3. The highest BCUT2D eigenvalue weighted by Gasteiger charge is 2.18. The van der Waals surface area contributed by atoms with Crippen LogP contribution in [0.2, 0.25) is 0 Å². The highest BCUT2D eigenvalue weighted by Crippen LogP contribution is 2.25. The first kappa shape index (κ1) is 17.5. The molecule has 130 valence electrons. The minimum Gasteiger partial charge on any atom is -0.296 e. The van der Waals surface area contributed by atoms with E-state index in [1.54, 1.807) is 0 Å². The molecular formula is C19H22N4OS. The zero-order valence-corrected chi connectivity index (χ0v) is 15.8. The molecule has 0 aliphatic heterocycles. The fourth-order valence-corrected chi connectivity index (χ4v) is 3.84. The molecule has 0 spiro atoms. The molecule has 0 fully saturated rings. The van der Waals surface area contributed by atoms with Gasteiger partial charge in [0.15, 0.2) is 0 Å². The predicted octanol–water partition coefficient (Wildman–Crippen LogP) is 4.41. The molecule has 3 rings (SSSR count). The molecule has 0 atom stereocenters. The average Bonchev–Trinajstić information content (AvgIpc) is 3.00. The van der Waals surface area contributed by atoms with Crippen LogP contribution in [0, 0.1) is 12.8 Å². The maximum Gasteiger partial charge on any atom is 0.258 e. The minimum atomic E-state index is -0.155. The number of nitrogens with one attached hydrogen (secondary N) is 1. The summed E-state index contributed by atoms with van der Waals surface area (Å²) in [5, 5.41) is 13.5. The zero-order chi connectivity index (χ0) is 18.0. The van der Waals surface area contributed by atoms with E-state index in [2.05, 4.69) is 41.3 Å². The lowest BCUT2D eigenvalue weighted by Crippen LogP contribution is -2.15. The van der Waals surface area contributed by atoms with Crippen molar-refractivity contribution in [2.75, 3.05) is 5.32 Å². The van der Waals surface area contributed by atoms with Crippen molar-refractivity contribution in [3.8, 4) is 0 Å². The number of carbonyl (C=O) groups excluding carboxylic acids is 1. The van der Waals surface area contributed by atoms with Crippen LogP contribution in [0.3, 0.4) is 0 Å². The van der Waals surface area contributed by atoms with E-state index in [-0.39, 0.29) is 5.91 Å². The molecule has 6 heteroatoms. The number of aryl methyl sites for hydroxylation is 1. The van der Waals surface area contributed by atoms with E-state index in [9.17, 15) is 4.79 Å². The quantitative estimate of drug-likeness (QED) is 0.737. The largest absolute Gasteiger partial charge is 0.296 e. The van der Waals surface area contributed by atoms with Crippen LogP contribution in [0.5, 0.6) is 0 Å². The Morgan fingerprint density at radius 3 is 2.72 bits per heavy atom. The Morgan fingerprint density at radius 1 is 1.24 bits per heavy atom. The predicted molar refractivity (Wildman–Crippen MR) is 102 cm³/mol. The van der Waals surface area contributed by atoms with Crippen LogP contribution in [0.1, 0.15) is 47.4 Å². The highest BCUT2D eigenvalue weighted by atomic mass is 32.1. The van der Waals surface area contributed by atoms with Gasteiger partial charge < -0.3 is 0 Å². The molecule has 5 nitrogen and oxygen atoms in total. The molecular weight excluding hydrogens is 332 g/mol. The molecule has 2 heterocycles. The fourth-order valence-electron chi connectivity index (χ4n) is 2.89. The summed E-state index contributed by atoms with van der Waals surface area (Å²) in [5.41, 5.74) is 3.38. The number of hydrogen-bond acceptors (Lipinski definition) is 5. The fraction of sp³-hybridized carbons (Fsp3) is 0.368.